The summed E-state index contributed by atoms with van der Waals surface area (Å²) < 4.78 is 9.71. The Balaban J connectivity index is 0.000000316. The zero-order valence-electron chi connectivity index (χ0n) is 17.8. The van der Waals surface area contributed by atoms with Crippen LogP contribution in [0, 0.1) is 0 Å². The number of carbonyl (C=O) groups is 3. The summed E-state index contributed by atoms with van der Waals surface area (Å²) in [6.07, 6.45) is -0.170. The minimum atomic E-state index is -1.07. The Bertz CT molecular complexity index is 798. The lowest BCUT2D eigenvalue weighted by Gasteiger charge is -2.12. The summed E-state index contributed by atoms with van der Waals surface area (Å²) in [6, 6.07) is 17.5. The third-order valence-electron chi connectivity index (χ3n) is 4.13. The smallest absolute Gasteiger partial charge is 0.408 e. The van der Waals surface area contributed by atoms with Crippen molar-refractivity contribution in [1.29, 1.82) is 0 Å². The van der Waals surface area contributed by atoms with Crippen molar-refractivity contribution in [1.82, 2.24) is 5.32 Å². The summed E-state index contributed by atoms with van der Waals surface area (Å²) in [5.74, 6) is -1.31. The maximum Gasteiger partial charge on any atom is 0.408 e. The van der Waals surface area contributed by atoms with Crippen molar-refractivity contribution >= 4 is 18.0 Å². The van der Waals surface area contributed by atoms with Crippen LogP contribution in [0.1, 0.15) is 43.9 Å². The van der Waals surface area contributed by atoms with Crippen molar-refractivity contribution in [3.05, 3.63) is 71.8 Å². The van der Waals surface area contributed by atoms with Gasteiger partial charge in [0.05, 0.1) is 13.0 Å². The second-order valence-corrected chi connectivity index (χ2v) is 6.53. The van der Waals surface area contributed by atoms with Gasteiger partial charge in [0, 0.05) is 6.04 Å². The van der Waals surface area contributed by atoms with Crippen LogP contribution < -0.4 is 11.1 Å². The van der Waals surface area contributed by atoms with Crippen molar-refractivity contribution < 1.29 is 29.0 Å². The first-order chi connectivity index (χ1) is 14.9. The Kier molecular flexibility index (Phi) is 12.1. The van der Waals surface area contributed by atoms with Gasteiger partial charge in [-0.2, -0.15) is 0 Å². The molecular weight excluding hydrogens is 400 g/mol. The van der Waals surface area contributed by atoms with Crippen LogP contribution in [0.3, 0.4) is 0 Å². The number of rotatable bonds is 9. The van der Waals surface area contributed by atoms with Gasteiger partial charge < -0.3 is 25.6 Å². The normalized spacial score (nSPS) is 11.8. The molecule has 168 valence electrons. The number of carbonyl (C=O) groups excluding carboxylic acids is 2. The zero-order valence-corrected chi connectivity index (χ0v) is 17.8. The molecule has 0 aliphatic carbocycles. The number of hydrogen-bond acceptors (Lipinski definition) is 6. The molecule has 0 aromatic heterocycles. The highest BCUT2D eigenvalue weighted by Crippen LogP contribution is 2.13. The predicted octanol–water partition coefficient (Wildman–Crippen LogP) is 3.42. The fourth-order valence-corrected chi connectivity index (χ4v) is 2.46. The molecule has 2 atom stereocenters. The summed E-state index contributed by atoms with van der Waals surface area (Å²) in [6.45, 7) is 3.99. The van der Waals surface area contributed by atoms with Crippen molar-refractivity contribution in [3.63, 3.8) is 0 Å². The first kappa shape index (κ1) is 25.6. The molecule has 31 heavy (non-hydrogen) atoms. The lowest BCUT2D eigenvalue weighted by molar-refractivity contribution is -0.143. The fraction of sp³-hybridized carbons (Fsp3) is 0.348. The highest BCUT2D eigenvalue weighted by atomic mass is 16.5. The van der Waals surface area contributed by atoms with E-state index in [9.17, 15) is 14.4 Å². The zero-order chi connectivity index (χ0) is 23.1. The molecule has 0 spiro atoms. The van der Waals surface area contributed by atoms with Crippen LogP contribution in [0.2, 0.25) is 0 Å². The molecule has 8 nitrogen and oxygen atoms in total. The number of carboxylic acid groups (broad SMARTS) is 1. The maximum absolute atomic E-state index is 11.3. The highest BCUT2D eigenvalue weighted by molar-refractivity contribution is 5.79. The number of nitrogens with two attached hydrogens (primary N) is 1. The fourth-order valence-electron chi connectivity index (χ4n) is 2.46. The number of carboxylic acids is 1. The lowest BCUT2D eigenvalue weighted by atomic mass is 10.1. The van der Waals surface area contributed by atoms with Gasteiger partial charge in [0.15, 0.2) is 0 Å². The first-order valence-corrected chi connectivity index (χ1v) is 10.0. The lowest BCUT2D eigenvalue weighted by Crippen LogP contribution is -2.40. The van der Waals surface area contributed by atoms with E-state index in [-0.39, 0.29) is 25.0 Å². The average Bonchev–Trinajstić information content (AvgIpc) is 2.77. The number of hydrogen-bond donors (Lipinski definition) is 3. The molecule has 1 amide bonds. The number of nitrogens with one attached hydrogen (secondary N) is 1. The third kappa shape index (κ3) is 10.8. The quantitative estimate of drug-likeness (QED) is 0.520. The monoisotopic (exact) mass is 430 g/mol. The molecule has 0 aliphatic rings. The maximum atomic E-state index is 11.3. The Labute approximate surface area is 182 Å². The summed E-state index contributed by atoms with van der Waals surface area (Å²) in [7, 11) is 0. The van der Waals surface area contributed by atoms with E-state index in [1.54, 1.807) is 13.8 Å². The van der Waals surface area contributed by atoms with Crippen molar-refractivity contribution in [2.75, 3.05) is 6.61 Å². The van der Waals surface area contributed by atoms with Gasteiger partial charge in [-0.1, -0.05) is 67.6 Å². The molecular formula is C23H30N2O6. The van der Waals surface area contributed by atoms with Crippen LogP contribution >= 0.6 is 0 Å². The largest absolute Gasteiger partial charge is 0.480 e. The van der Waals surface area contributed by atoms with Crippen molar-refractivity contribution in [3.8, 4) is 0 Å². The number of ether oxygens (including phenoxy) is 2. The van der Waals surface area contributed by atoms with E-state index in [2.05, 4.69) is 5.32 Å². The molecule has 0 bridgehead atoms. The molecule has 2 unspecified atom stereocenters. The molecule has 0 saturated heterocycles. The minimum absolute atomic E-state index is 0.128. The third-order valence-corrected chi connectivity index (χ3v) is 4.13. The number of amides is 1. The van der Waals surface area contributed by atoms with Crippen LogP contribution in [-0.2, 0) is 25.7 Å². The van der Waals surface area contributed by atoms with Gasteiger partial charge in [0.2, 0.25) is 0 Å². The molecule has 4 N–H and O–H groups in total. The topological polar surface area (TPSA) is 128 Å². The molecule has 0 heterocycles. The van der Waals surface area contributed by atoms with Crippen LogP contribution in [0.15, 0.2) is 60.7 Å². The molecule has 0 aliphatic heterocycles. The van der Waals surface area contributed by atoms with Gasteiger partial charge in [-0.15, -0.1) is 0 Å². The van der Waals surface area contributed by atoms with Crippen molar-refractivity contribution in [2.45, 2.75) is 45.4 Å². The molecule has 2 aromatic rings. The summed E-state index contributed by atoms with van der Waals surface area (Å²) in [5.41, 5.74) is 7.64. The van der Waals surface area contributed by atoms with Crippen LogP contribution in [0.25, 0.3) is 0 Å². The minimum Gasteiger partial charge on any atom is -0.480 e. The van der Waals surface area contributed by atoms with E-state index >= 15 is 0 Å². The second-order valence-electron chi connectivity index (χ2n) is 6.53. The summed E-state index contributed by atoms with van der Waals surface area (Å²) in [5, 5.41) is 11.0. The van der Waals surface area contributed by atoms with E-state index in [1.165, 1.54) is 0 Å². The van der Waals surface area contributed by atoms with Crippen LogP contribution in [0.5, 0.6) is 0 Å². The average molecular weight is 431 g/mol. The second kappa shape index (κ2) is 14.6. The highest BCUT2D eigenvalue weighted by Gasteiger charge is 2.18. The molecule has 2 aromatic carbocycles. The number of alkyl carbamates (subject to hydrolysis) is 1. The summed E-state index contributed by atoms with van der Waals surface area (Å²) >= 11 is 0. The molecule has 8 heteroatoms. The van der Waals surface area contributed by atoms with Gasteiger partial charge in [-0.3, -0.25) is 4.79 Å². The molecule has 2 rings (SSSR count). The first-order valence-electron chi connectivity index (χ1n) is 10.0. The Morgan fingerprint density at radius 2 is 1.55 bits per heavy atom. The Morgan fingerprint density at radius 3 is 2.06 bits per heavy atom. The van der Waals surface area contributed by atoms with Crippen LogP contribution in [0.4, 0.5) is 4.79 Å². The van der Waals surface area contributed by atoms with Gasteiger partial charge in [0.1, 0.15) is 12.6 Å². The molecule has 0 radical (unpaired) electrons. The van der Waals surface area contributed by atoms with E-state index in [0.29, 0.717) is 13.0 Å². The summed E-state index contributed by atoms with van der Waals surface area (Å²) in [4.78, 5) is 33.1. The number of esters is 1. The van der Waals surface area contributed by atoms with E-state index in [4.69, 9.17) is 20.3 Å². The predicted molar refractivity (Wildman–Crippen MR) is 116 cm³/mol. The van der Waals surface area contributed by atoms with Gasteiger partial charge in [-0.05, 0) is 24.5 Å². The van der Waals surface area contributed by atoms with Gasteiger partial charge in [-0.25, -0.2) is 9.59 Å². The Hall–Kier alpha value is -3.39. The van der Waals surface area contributed by atoms with E-state index in [0.717, 1.165) is 11.1 Å². The number of benzene rings is 2. The van der Waals surface area contributed by atoms with Gasteiger partial charge >= 0.3 is 18.0 Å². The SMILES string of the molecule is CCC(NC(=O)OCc1ccccc1)C(=O)O.CCOC(=O)CC(N)c1ccccc1. The standard InChI is InChI=1S/C12H15NO4.C11H15NO2/c1-2-10(11(14)15)13-12(16)17-8-9-6-4-3-5-7-9;1-2-14-11(13)8-10(12)9-6-4-3-5-7-9/h3-7,10H,2,8H2,1H3,(H,13,16)(H,14,15);3-7,10H,2,8,12H2,1H3. The van der Waals surface area contributed by atoms with Crippen LogP contribution in [-0.4, -0.2) is 35.8 Å². The molecule has 0 saturated carbocycles. The number of aliphatic carboxylic acids is 1. The van der Waals surface area contributed by atoms with Gasteiger partial charge in [0.25, 0.3) is 0 Å². The van der Waals surface area contributed by atoms with E-state index < -0.39 is 18.1 Å². The Morgan fingerprint density at radius 1 is 0.968 bits per heavy atom. The van der Waals surface area contributed by atoms with Crippen molar-refractivity contribution in [2.24, 2.45) is 5.73 Å². The molecule has 0 fully saturated rings. The van der Waals surface area contributed by atoms with E-state index in [1.807, 2.05) is 60.7 Å².